The van der Waals surface area contributed by atoms with Crippen molar-refractivity contribution >= 4 is 0 Å². The van der Waals surface area contributed by atoms with Crippen LogP contribution in [0.2, 0.25) is 0 Å². The third kappa shape index (κ3) is 3.64. The highest BCUT2D eigenvalue weighted by Crippen LogP contribution is 2.44. The Kier molecular flexibility index (Phi) is 5.50. The molecule has 0 bridgehead atoms. The molecule has 2 fully saturated rings. The van der Waals surface area contributed by atoms with E-state index in [0.29, 0.717) is 6.61 Å². The number of methoxy groups -OCH3 is 2. The van der Waals surface area contributed by atoms with Crippen LogP contribution in [0.1, 0.15) is 16.7 Å². The molecule has 2 aliphatic rings. The minimum absolute atomic E-state index is 0.00226. The van der Waals surface area contributed by atoms with E-state index in [0.717, 1.165) is 22.4 Å². The number of fused-ring (bicyclic) bond motifs is 1. The van der Waals surface area contributed by atoms with Gasteiger partial charge in [0.25, 0.3) is 0 Å². The van der Waals surface area contributed by atoms with Crippen LogP contribution >= 0.6 is 0 Å². The van der Waals surface area contributed by atoms with Crippen molar-refractivity contribution in [3.8, 4) is 5.75 Å². The molecule has 0 radical (unpaired) electrons. The van der Waals surface area contributed by atoms with Crippen molar-refractivity contribution in [3.05, 3.63) is 102 Å². The minimum atomic E-state index is -0.812. The Hall–Kier alpha value is -2.70. The molecule has 2 heterocycles. The number of epoxide rings is 1. The molecule has 0 saturated carbocycles. The number of hydrogen-bond donors (Lipinski definition) is 0. The van der Waals surface area contributed by atoms with Crippen molar-refractivity contribution in [2.24, 2.45) is 0 Å². The molecule has 2 saturated heterocycles. The maximum Gasteiger partial charge on any atom is 0.186 e. The van der Waals surface area contributed by atoms with Crippen LogP contribution < -0.4 is 4.74 Å². The quantitative estimate of drug-likeness (QED) is 0.406. The summed E-state index contributed by atoms with van der Waals surface area (Å²) in [6.07, 6.45) is -0.491. The summed E-state index contributed by atoms with van der Waals surface area (Å²) in [7, 11) is 3.31. The van der Waals surface area contributed by atoms with Crippen LogP contribution in [0.5, 0.6) is 5.75 Å². The van der Waals surface area contributed by atoms with Crippen molar-refractivity contribution in [2.45, 2.75) is 30.2 Å². The van der Waals surface area contributed by atoms with Gasteiger partial charge in [0.05, 0.1) is 13.7 Å². The zero-order valence-corrected chi connectivity index (χ0v) is 17.6. The van der Waals surface area contributed by atoms with Gasteiger partial charge in [0, 0.05) is 7.11 Å². The fraction of sp³-hybridized carbons (Fsp3) is 0.308. The van der Waals surface area contributed by atoms with Crippen LogP contribution in [-0.4, -0.2) is 45.4 Å². The monoisotopic (exact) mass is 418 g/mol. The summed E-state index contributed by atoms with van der Waals surface area (Å²) in [6, 6.07) is 28.6. The molecule has 0 N–H and O–H groups in total. The molecular formula is C26H26O5. The second kappa shape index (κ2) is 8.44. The fourth-order valence-electron chi connectivity index (χ4n) is 4.43. The van der Waals surface area contributed by atoms with Crippen LogP contribution in [0.25, 0.3) is 0 Å². The topological polar surface area (TPSA) is 49.5 Å². The SMILES string of the molecule is COc1ccc(C(OC[C@H]2O[C@H](OC)[C@@H]3O[C@@H]32)(c2ccccc2)c2ccccc2)cc1. The lowest BCUT2D eigenvalue weighted by Gasteiger charge is -2.37. The van der Waals surface area contributed by atoms with E-state index < -0.39 is 5.60 Å². The molecule has 3 aromatic rings. The van der Waals surface area contributed by atoms with E-state index in [1.807, 2.05) is 48.5 Å². The van der Waals surface area contributed by atoms with Crippen molar-refractivity contribution in [3.63, 3.8) is 0 Å². The first-order chi connectivity index (χ1) is 15.3. The zero-order valence-electron chi connectivity index (χ0n) is 17.6. The molecule has 3 aromatic carbocycles. The third-order valence-corrected chi connectivity index (χ3v) is 6.06. The number of ether oxygens (including phenoxy) is 5. The molecule has 5 heteroatoms. The van der Waals surface area contributed by atoms with E-state index in [1.165, 1.54) is 0 Å². The minimum Gasteiger partial charge on any atom is -0.497 e. The van der Waals surface area contributed by atoms with E-state index in [9.17, 15) is 0 Å². The highest BCUT2D eigenvalue weighted by molar-refractivity contribution is 5.48. The Morgan fingerprint density at radius 1 is 0.710 bits per heavy atom. The Labute approximate surface area is 182 Å². The van der Waals surface area contributed by atoms with Gasteiger partial charge in [0.2, 0.25) is 0 Å². The maximum absolute atomic E-state index is 6.83. The molecule has 31 heavy (non-hydrogen) atoms. The molecule has 5 rings (SSSR count). The van der Waals surface area contributed by atoms with Crippen molar-refractivity contribution in [1.82, 2.24) is 0 Å². The summed E-state index contributed by atoms with van der Waals surface area (Å²) in [5.74, 6) is 0.801. The van der Waals surface area contributed by atoms with Gasteiger partial charge in [-0.3, -0.25) is 0 Å². The largest absolute Gasteiger partial charge is 0.497 e. The Morgan fingerprint density at radius 3 is 1.81 bits per heavy atom. The lowest BCUT2D eigenvalue weighted by molar-refractivity contribution is -0.178. The summed E-state index contributed by atoms with van der Waals surface area (Å²) in [6.45, 7) is 0.372. The van der Waals surface area contributed by atoms with Gasteiger partial charge in [-0.2, -0.15) is 0 Å². The van der Waals surface area contributed by atoms with Crippen molar-refractivity contribution in [1.29, 1.82) is 0 Å². The molecule has 4 atom stereocenters. The highest BCUT2D eigenvalue weighted by atomic mass is 16.8. The summed E-state index contributed by atoms with van der Waals surface area (Å²) < 4.78 is 29.4. The predicted octanol–water partition coefficient (Wildman–Crippen LogP) is 4.14. The second-order valence-corrected chi connectivity index (χ2v) is 7.80. The Bertz CT molecular complexity index is 950. The van der Waals surface area contributed by atoms with Crippen molar-refractivity contribution in [2.75, 3.05) is 20.8 Å². The highest BCUT2D eigenvalue weighted by Gasteiger charge is 2.59. The average Bonchev–Trinajstić information content (AvgIpc) is 3.56. The molecule has 0 spiro atoms. The molecular weight excluding hydrogens is 392 g/mol. The van der Waals surface area contributed by atoms with Crippen LogP contribution in [0.4, 0.5) is 0 Å². The predicted molar refractivity (Wildman–Crippen MR) is 116 cm³/mol. The van der Waals surface area contributed by atoms with Crippen LogP contribution in [-0.2, 0) is 24.5 Å². The molecule has 0 amide bonds. The van der Waals surface area contributed by atoms with Crippen LogP contribution in [0.3, 0.4) is 0 Å². The molecule has 2 aliphatic heterocycles. The van der Waals surface area contributed by atoms with Gasteiger partial charge in [-0.05, 0) is 28.8 Å². The number of benzene rings is 3. The first kappa shape index (κ1) is 20.2. The molecule has 0 aromatic heterocycles. The van der Waals surface area contributed by atoms with E-state index in [4.69, 9.17) is 23.7 Å². The first-order valence-electron chi connectivity index (χ1n) is 10.5. The summed E-state index contributed by atoms with van der Waals surface area (Å²) in [4.78, 5) is 0. The van der Waals surface area contributed by atoms with Gasteiger partial charge in [0.1, 0.15) is 29.7 Å². The van der Waals surface area contributed by atoms with Gasteiger partial charge in [0.15, 0.2) is 6.29 Å². The van der Waals surface area contributed by atoms with Gasteiger partial charge in [-0.25, -0.2) is 0 Å². The standard InChI is InChI=1S/C26H26O5/c1-27-21-15-13-20(14-16-21)26(18-9-5-3-6-10-18,19-11-7-4-8-12-19)29-17-22-23-24(31-23)25(28-2)30-22/h3-16,22-25H,17H2,1-2H3/t22-,23-,24-,25+/m1/s1. The Balaban J connectivity index is 1.57. The van der Waals surface area contributed by atoms with Gasteiger partial charge < -0.3 is 23.7 Å². The fourth-order valence-corrected chi connectivity index (χ4v) is 4.43. The van der Waals surface area contributed by atoms with Crippen LogP contribution in [0.15, 0.2) is 84.9 Å². The van der Waals surface area contributed by atoms with Gasteiger partial charge in [-0.1, -0.05) is 72.8 Å². The van der Waals surface area contributed by atoms with Crippen LogP contribution in [0, 0.1) is 0 Å². The van der Waals surface area contributed by atoms with Gasteiger partial charge >= 0.3 is 0 Å². The molecule has 5 nitrogen and oxygen atoms in total. The molecule has 160 valence electrons. The Morgan fingerprint density at radius 2 is 1.29 bits per heavy atom. The third-order valence-electron chi connectivity index (χ3n) is 6.06. The normalized spacial score (nSPS) is 24.6. The average molecular weight is 418 g/mol. The lowest BCUT2D eigenvalue weighted by Crippen LogP contribution is -2.37. The van der Waals surface area contributed by atoms with E-state index >= 15 is 0 Å². The van der Waals surface area contributed by atoms with Crippen molar-refractivity contribution < 1.29 is 23.7 Å². The zero-order chi connectivity index (χ0) is 21.3. The summed E-state index contributed by atoms with van der Waals surface area (Å²) in [5.41, 5.74) is 2.29. The van der Waals surface area contributed by atoms with E-state index in [1.54, 1.807) is 14.2 Å². The van der Waals surface area contributed by atoms with Gasteiger partial charge in [-0.15, -0.1) is 0 Å². The smallest absolute Gasteiger partial charge is 0.186 e. The van der Waals surface area contributed by atoms with E-state index in [-0.39, 0.29) is 24.6 Å². The lowest BCUT2D eigenvalue weighted by atomic mass is 9.80. The number of rotatable bonds is 8. The molecule has 0 unspecified atom stereocenters. The number of hydrogen-bond acceptors (Lipinski definition) is 5. The van der Waals surface area contributed by atoms with E-state index in [2.05, 4.69) is 36.4 Å². The second-order valence-electron chi connectivity index (χ2n) is 7.80. The summed E-state index contributed by atoms with van der Waals surface area (Å²) in [5, 5.41) is 0. The molecule has 0 aliphatic carbocycles. The summed E-state index contributed by atoms with van der Waals surface area (Å²) >= 11 is 0. The maximum atomic E-state index is 6.83. The first-order valence-corrected chi connectivity index (χ1v) is 10.5.